The van der Waals surface area contributed by atoms with Crippen molar-refractivity contribution in [1.29, 1.82) is 0 Å². The maximum atomic E-state index is 11.2. The van der Waals surface area contributed by atoms with Crippen LogP contribution in [0.2, 0.25) is 0 Å². The van der Waals surface area contributed by atoms with Crippen molar-refractivity contribution in [2.75, 3.05) is 7.11 Å². The minimum Gasteiger partial charge on any atom is -0.493 e. The number of cyclic esters (lactones) is 1. The van der Waals surface area contributed by atoms with Crippen LogP contribution in [-0.2, 0) is 25.5 Å². The number of aliphatic hydroxyl groups is 3. The van der Waals surface area contributed by atoms with Crippen LogP contribution < -0.4 is 9.47 Å². The Bertz CT molecular complexity index is 735. The Morgan fingerprint density at radius 1 is 1.18 bits per heavy atom. The normalized spacial score (nSPS) is 32.6. The lowest BCUT2D eigenvalue weighted by Crippen LogP contribution is -2.61. The lowest BCUT2D eigenvalue weighted by atomic mass is 9.99. The number of rotatable bonds is 6. The molecule has 0 saturated carbocycles. The van der Waals surface area contributed by atoms with Crippen LogP contribution in [0, 0.1) is 0 Å². The summed E-state index contributed by atoms with van der Waals surface area (Å²) in [6.45, 7) is 0. The molecule has 2 saturated heterocycles. The van der Waals surface area contributed by atoms with Crippen LogP contribution in [0.25, 0.3) is 0 Å². The van der Waals surface area contributed by atoms with Gasteiger partial charge < -0.3 is 39.4 Å². The number of hydrogen-bond acceptors (Lipinski definition) is 9. The summed E-state index contributed by atoms with van der Waals surface area (Å²) < 4.78 is 21.1. The molecule has 0 aliphatic carbocycles. The Labute approximate surface area is 160 Å². The number of carbonyl (C=O) groups excluding carboxylic acids is 1. The van der Waals surface area contributed by atoms with Crippen molar-refractivity contribution < 1.29 is 49.0 Å². The number of benzene rings is 1. The number of carbonyl (C=O) groups is 2. The molecule has 4 N–H and O–H groups in total. The maximum absolute atomic E-state index is 11.2. The zero-order valence-electron chi connectivity index (χ0n) is 15.1. The highest BCUT2D eigenvalue weighted by molar-refractivity contribution is 5.73. The molecule has 1 unspecified atom stereocenters. The van der Waals surface area contributed by atoms with Crippen molar-refractivity contribution in [2.45, 2.75) is 56.1 Å². The lowest BCUT2D eigenvalue weighted by molar-refractivity contribution is -0.271. The zero-order chi connectivity index (χ0) is 20.4. The SMILES string of the molecule is COc1ccc(CC2CCC(=O)O2)cc1O[C@H]1O[C@@H](C(=O)O)[C@H](O)[C@@H](O)[C@@H]1O. The number of methoxy groups -OCH3 is 1. The second-order valence-corrected chi connectivity index (χ2v) is 6.69. The van der Waals surface area contributed by atoms with Gasteiger partial charge in [0, 0.05) is 12.8 Å². The Morgan fingerprint density at radius 2 is 1.93 bits per heavy atom. The van der Waals surface area contributed by atoms with E-state index < -0.39 is 36.7 Å². The summed E-state index contributed by atoms with van der Waals surface area (Å²) in [4.78, 5) is 22.5. The molecule has 2 aliphatic rings. The highest BCUT2D eigenvalue weighted by Gasteiger charge is 2.48. The van der Waals surface area contributed by atoms with Gasteiger partial charge >= 0.3 is 11.9 Å². The van der Waals surface area contributed by atoms with E-state index in [1.165, 1.54) is 7.11 Å². The fourth-order valence-corrected chi connectivity index (χ4v) is 3.20. The summed E-state index contributed by atoms with van der Waals surface area (Å²) in [5.41, 5.74) is 0.760. The molecule has 2 heterocycles. The molecule has 154 valence electrons. The maximum Gasteiger partial charge on any atom is 0.335 e. The molecule has 0 amide bonds. The van der Waals surface area contributed by atoms with Gasteiger partial charge in [0.2, 0.25) is 6.29 Å². The average molecular weight is 398 g/mol. The summed E-state index contributed by atoms with van der Waals surface area (Å²) in [5, 5.41) is 38.9. The minimum absolute atomic E-state index is 0.140. The Hall–Kier alpha value is -2.40. The number of hydrogen-bond donors (Lipinski definition) is 4. The van der Waals surface area contributed by atoms with Gasteiger partial charge in [-0.3, -0.25) is 4.79 Å². The van der Waals surface area contributed by atoms with Crippen LogP contribution in [0.1, 0.15) is 18.4 Å². The minimum atomic E-state index is -1.81. The number of carboxylic acids is 1. The summed E-state index contributed by atoms with van der Waals surface area (Å²) in [6, 6.07) is 4.96. The third-order valence-electron chi connectivity index (χ3n) is 4.72. The molecule has 10 heteroatoms. The van der Waals surface area contributed by atoms with Gasteiger partial charge in [-0.05, 0) is 24.1 Å². The van der Waals surface area contributed by atoms with Gasteiger partial charge in [0.1, 0.15) is 24.4 Å². The van der Waals surface area contributed by atoms with E-state index in [4.69, 9.17) is 24.1 Å². The second-order valence-electron chi connectivity index (χ2n) is 6.69. The van der Waals surface area contributed by atoms with E-state index in [1.807, 2.05) is 0 Å². The third kappa shape index (κ3) is 4.20. The van der Waals surface area contributed by atoms with Crippen LogP contribution in [0.3, 0.4) is 0 Å². The number of aliphatic hydroxyl groups excluding tert-OH is 3. The van der Waals surface area contributed by atoms with E-state index in [0.29, 0.717) is 19.3 Å². The molecule has 6 atom stereocenters. The smallest absolute Gasteiger partial charge is 0.335 e. The highest BCUT2D eigenvalue weighted by atomic mass is 16.7. The quantitative estimate of drug-likeness (QED) is 0.449. The summed E-state index contributed by atoms with van der Waals surface area (Å²) in [5.74, 6) is -1.33. The Kier molecular flexibility index (Phi) is 6.04. The van der Waals surface area contributed by atoms with E-state index >= 15 is 0 Å². The van der Waals surface area contributed by atoms with Gasteiger partial charge in [0.05, 0.1) is 7.11 Å². The van der Waals surface area contributed by atoms with Gasteiger partial charge in [0.15, 0.2) is 17.6 Å². The van der Waals surface area contributed by atoms with Crippen LogP contribution >= 0.6 is 0 Å². The van der Waals surface area contributed by atoms with Gasteiger partial charge in [-0.2, -0.15) is 0 Å². The predicted molar refractivity (Wildman–Crippen MR) is 90.8 cm³/mol. The van der Waals surface area contributed by atoms with Crippen molar-refractivity contribution >= 4 is 11.9 Å². The van der Waals surface area contributed by atoms with Crippen molar-refractivity contribution in [3.63, 3.8) is 0 Å². The van der Waals surface area contributed by atoms with Crippen LogP contribution in [0.5, 0.6) is 11.5 Å². The van der Waals surface area contributed by atoms with E-state index in [9.17, 15) is 24.9 Å². The Morgan fingerprint density at radius 3 is 2.54 bits per heavy atom. The summed E-state index contributed by atoms with van der Waals surface area (Å²) >= 11 is 0. The van der Waals surface area contributed by atoms with E-state index in [1.54, 1.807) is 18.2 Å². The second kappa shape index (κ2) is 8.31. The molecular weight excluding hydrogens is 376 g/mol. The molecule has 1 aromatic carbocycles. The van der Waals surface area contributed by atoms with Crippen molar-refractivity contribution in [3.8, 4) is 11.5 Å². The first-order valence-corrected chi connectivity index (χ1v) is 8.75. The molecule has 2 aliphatic heterocycles. The van der Waals surface area contributed by atoms with Crippen molar-refractivity contribution in [1.82, 2.24) is 0 Å². The fourth-order valence-electron chi connectivity index (χ4n) is 3.20. The molecule has 0 spiro atoms. The molecule has 0 radical (unpaired) electrons. The molecule has 2 fully saturated rings. The zero-order valence-corrected chi connectivity index (χ0v) is 15.1. The Balaban J connectivity index is 1.78. The van der Waals surface area contributed by atoms with Gasteiger partial charge in [-0.25, -0.2) is 4.79 Å². The lowest BCUT2D eigenvalue weighted by Gasteiger charge is -2.38. The molecule has 1 aromatic rings. The topological polar surface area (TPSA) is 152 Å². The summed E-state index contributed by atoms with van der Waals surface area (Å²) in [7, 11) is 1.40. The van der Waals surface area contributed by atoms with Crippen LogP contribution in [0.4, 0.5) is 0 Å². The van der Waals surface area contributed by atoms with Gasteiger partial charge in [-0.1, -0.05) is 6.07 Å². The first-order valence-electron chi connectivity index (χ1n) is 8.75. The molecule has 3 rings (SSSR count). The van der Waals surface area contributed by atoms with Crippen molar-refractivity contribution in [2.24, 2.45) is 0 Å². The first kappa shape index (κ1) is 20.3. The third-order valence-corrected chi connectivity index (χ3v) is 4.72. The summed E-state index contributed by atoms with van der Waals surface area (Å²) in [6.07, 6.45) is -7.42. The van der Waals surface area contributed by atoms with Gasteiger partial charge in [-0.15, -0.1) is 0 Å². The monoisotopic (exact) mass is 398 g/mol. The molecule has 28 heavy (non-hydrogen) atoms. The molecular formula is C18H22O10. The number of aliphatic carboxylic acids is 1. The molecule has 0 aromatic heterocycles. The molecule has 0 bridgehead atoms. The van der Waals surface area contributed by atoms with Crippen LogP contribution in [0.15, 0.2) is 18.2 Å². The van der Waals surface area contributed by atoms with Gasteiger partial charge in [0.25, 0.3) is 0 Å². The fraction of sp³-hybridized carbons (Fsp3) is 0.556. The number of esters is 1. The van der Waals surface area contributed by atoms with E-state index in [0.717, 1.165) is 5.56 Å². The predicted octanol–water partition coefficient (Wildman–Crippen LogP) is -0.786. The highest BCUT2D eigenvalue weighted by Crippen LogP contribution is 2.33. The van der Waals surface area contributed by atoms with Crippen molar-refractivity contribution in [3.05, 3.63) is 23.8 Å². The van der Waals surface area contributed by atoms with Crippen LogP contribution in [-0.4, -0.2) is 76.3 Å². The van der Waals surface area contributed by atoms with E-state index in [-0.39, 0.29) is 23.6 Å². The molecule has 10 nitrogen and oxygen atoms in total. The standard InChI is InChI=1S/C18H22O10/c1-25-10-4-2-8(6-9-3-5-12(19)26-9)7-11(10)27-18-15(22)13(20)14(21)16(28-18)17(23)24/h2,4,7,9,13-16,18,20-22H,3,5-6H2,1H3,(H,23,24)/t9?,13-,14-,15+,16-,18+/m1/s1. The van der Waals surface area contributed by atoms with E-state index in [2.05, 4.69) is 0 Å². The number of carboxylic acid groups (broad SMARTS) is 1. The first-order chi connectivity index (χ1) is 13.3. The average Bonchev–Trinajstić information content (AvgIpc) is 3.06. The number of ether oxygens (including phenoxy) is 4. The largest absolute Gasteiger partial charge is 0.493 e.